The number of hydrogen-bond donors (Lipinski definition) is 1. The molecule has 8 heteroatoms. The van der Waals surface area contributed by atoms with Gasteiger partial charge in [-0.25, -0.2) is 9.36 Å². The zero-order chi connectivity index (χ0) is 18.9. The fraction of sp³-hybridized carbons (Fsp3) is 0.412. The lowest BCUT2D eigenvalue weighted by Gasteiger charge is -2.16. The van der Waals surface area contributed by atoms with Crippen molar-refractivity contribution in [3.05, 3.63) is 47.2 Å². The Morgan fingerprint density at radius 1 is 1.24 bits per heavy atom. The molecule has 1 aromatic carbocycles. The van der Waals surface area contributed by atoms with Crippen molar-refractivity contribution in [3.8, 4) is 0 Å². The summed E-state index contributed by atoms with van der Waals surface area (Å²) in [4.78, 5) is 11.6. The molecule has 0 saturated heterocycles. The monoisotopic (exact) mass is 368 g/mol. The molecule has 7 nitrogen and oxygen atoms in total. The minimum atomic E-state index is -3.92. The number of allylic oxidation sites excluding steroid dienone is 1. The van der Waals surface area contributed by atoms with Gasteiger partial charge in [-0.05, 0) is 26.3 Å². The molecule has 0 fully saturated rings. The number of esters is 1. The van der Waals surface area contributed by atoms with E-state index in [2.05, 4.69) is 4.76 Å². The number of rotatable bonds is 9. The number of aryl methyl sites for hydroxylation is 1. The van der Waals surface area contributed by atoms with Gasteiger partial charge in [0.2, 0.25) is 0 Å². The smallest absolute Gasteiger partial charge is 0.463 e. The third kappa shape index (κ3) is 6.72. The minimum Gasteiger partial charge on any atom is -0.463 e. The van der Waals surface area contributed by atoms with Gasteiger partial charge in [0.15, 0.2) is 0 Å². The van der Waals surface area contributed by atoms with Crippen LogP contribution in [0.15, 0.2) is 40.9 Å². The molecule has 0 aromatic heterocycles. The Morgan fingerprint density at radius 3 is 2.48 bits per heavy atom. The predicted octanol–water partition coefficient (Wildman–Crippen LogP) is 3.72. The standard InChI is InChI=1S/C17H25N2O5P/c1-5-14(12-16(20)22-6-2)24-25(21,23-7-3)19-17(18)15-11-9-8-10-13(15)4/h8-12H,5-7H2,1-4H3,(H2,18,19,21). The molecule has 25 heavy (non-hydrogen) atoms. The van der Waals surface area contributed by atoms with Crippen molar-refractivity contribution in [3.63, 3.8) is 0 Å². The summed E-state index contributed by atoms with van der Waals surface area (Å²) < 4.78 is 32.3. The van der Waals surface area contributed by atoms with Crippen LogP contribution in [0.4, 0.5) is 0 Å². The number of hydrogen-bond acceptors (Lipinski definition) is 5. The normalized spacial score (nSPS) is 14.7. The SMILES string of the molecule is CCOC(=O)C=C(CC)OP(=O)(N=C(N)c1ccccc1C)OCC. The van der Waals surface area contributed by atoms with E-state index in [9.17, 15) is 9.36 Å². The van der Waals surface area contributed by atoms with Gasteiger partial charge in [-0.2, -0.15) is 0 Å². The molecule has 0 aliphatic rings. The summed E-state index contributed by atoms with van der Waals surface area (Å²) in [5.74, 6) is -0.392. The Hall–Kier alpha value is -2.11. The van der Waals surface area contributed by atoms with Crippen LogP contribution in [0.1, 0.15) is 38.3 Å². The summed E-state index contributed by atoms with van der Waals surface area (Å²) in [5.41, 5.74) is 7.50. The van der Waals surface area contributed by atoms with Crippen LogP contribution in [0.5, 0.6) is 0 Å². The molecule has 2 N–H and O–H groups in total. The lowest BCUT2D eigenvalue weighted by atomic mass is 10.1. The Bertz CT molecular complexity index is 700. The van der Waals surface area contributed by atoms with Gasteiger partial charge in [-0.15, -0.1) is 4.76 Å². The zero-order valence-electron chi connectivity index (χ0n) is 15.0. The molecule has 1 atom stereocenters. The maximum atomic E-state index is 12.9. The van der Waals surface area contributed by atoms with E-state index in [1.807, 2.05) is 19.1 Å². The molecule has 0 radical (unpaired) electrons. The Labute approximate surface area is 148 Å². The predicted molar refractivity (Wildman–Crippen MR) is 97.2 cm³/mol. The molecular weight excluding hydrogens is 343 g/mol. The highest BCUT2D eigenvalue weighted by atomic mass is 31.2. The molecule has 0 heterocycles. The molecule has 0 aliphatic heterocycles. The fourth-order valence-electron chi connectivity index (χ4n) is 1.94. The lowest BCUT2D eigenvalue weighted by Crippen LogP contribution is -2.15. The van der Waals surface area contributed by atoms with Gasteiger partial charge in [0.25, 0.3) is 0 Å². The van der Waals surface area contributed by atoms with E-state index in [4.69, 9.17) is 19.5 Å². The highest BCUT2D eigenvalue weighted by Gasteiger charge is 2.27. The Balaban J connectivity index is 3.14. The summed E-state index contributed by atoms with van der Waals surface area (Å²) in [6.45, 7) is 7.30. The van der Waals surface area contributed by atoms with E-state index in [0.717, 1.165) is 11.6 Å². The van der Waals surface area contributed by atoms with E-state index in [0.29, 0.717) is 12.0 Å². The number of carbonyl (C=O) groups excluding carboxylic acids is 1. The van der Waals surface area contributed by atoms with Gasteiger partial charge in [-0.3, -0.25) is 4.52 Å². The van der Waals surface area contributed by atoms with Gasteiger partial charge in [0, 0.05) is 12.0 Å². The average Bonchev–Trinajstić information content (AvgIpc) is 2.54. The van der Waals surface area contributed by atoms with Crippen LogP contribution in [-0.4, -0.2) is 25.0 Å². The molecule has 1 unspecified atom stereocenters. The molecule has 138 valence electrons. The van der Waals surface area contributed by atoms with Crippen molar-refractivity contribution in [2.24, 2.45) is 10.5 Å². The molecule has 0 amide bonds. The third-order valence-corrected chi connectivity index (χ3v) is 4.60. The number of benzene rings is 1. The van der Waals surface area contributed by atoms with Gasteiger partial charge in [-0.1, -0.05) is 31.2 Å². The highest BCUT2D eigenvalue weighted by Crippen LogP contribution is 2.52. The molecule has 0 bridgehead atoms. The number of amidine groups is 1. The number of carbonyl (C=O) groups is 1. The van der Waals surface area contributed by atoms with Crippen LogP contribution in [0, 0.1) is 6.92 Å². The van der Waals surface area contributed by atoms with Crippen molar-refractivity contribution in [1.29, 1.82) is 0 Å². The second kappa shape index (κ2) is 10.0. The van der Waals surface area contributed by atoms with Gasteiger partial charge < -0.3 is 15.0 Å². The maximum absolute atomic E-state index is 12.9. The second-order valence-corrected chi connectivity index (χ2v) is 6.57. The summed E-state index contributed by atoms with van der Waals surface area (Å²) in [7, 11) is -3.92. The molecule has 0 spiro atoms. The van der Waals surface area contributed by atoms with Crippen molar-refractivity contribution in [2.75, 3.05) is 13.2 Å². The summed E-state index contributed by atoms with van der Waals surface area (Å²) in [5, 5.41) is 0. The Morgan fingerprint density at radius 2 is 1.92 bits per heavy atom. The summed E-state index contributed by atoms with van der Waals surface area (Å²) >= 11 is 0. The van der Waals surface area contributed by atoms with Gasteiger partial charge in [0.05, 0.1) is 19.3 Å². The molecule has 1 rings (SSSR count). The Kier molecular flexibility index (Phi) is 8.38. The largest absolute Gasteiger partial charge is 0.509 e. The van der Waals surface area contributed by atoms with Crippen molar-refractivity contribution in [2.45, 2.75) is 34.1 Å². The van der Waals surface area contributed by atoms with Gasteiger partial charge >= 0.3 is 13.7 Å². The third-order valence-electron chi connectivity index (χ3n) is 3.09. The van der Waals surface area contributed by atoms with Crippen LogP contribution >= 0.6 is 7.75 Å². The van der Waals surface area contributed by atoms with E-state index in [1.165, 1.54) is 0 Å². The summed E-state index contributed by atoms with van der Waals surface area (Å²) in [6.07, 6.45) is 1.45. The first-order chi connectivity index (χ1) is 11.8. The van der Waals surface area contributed by atoms with Crippen LogP contribution in [0.3, 0.4) is 0 Å². The van der Waals surface area contributed by atoms with E-state index in [-0.39, 0.29) is 24.8 Å². The topological polar surface area (TPSA) is 100 Å². The number of nitrogens with two attached hydrogens (primary N) is 1. The van der Waals surface area contributed by atoms with Gasteiger partial charge in [0.1, 0.15) is 11.6 Å². The first-order valence-corrected chi connectivity index (χ1v) is 9.57. The zero-order valence-corrected chi connectivity index (χ0v) is 15.9. The van der Waals surface area contributed by atoms with E-state index < -0.39 is 13.7 Å². The van der Waals surface area contributed by atoms with Crippen LogP contribution in [0.2, 0.25) is 0 Å². The van der Waals surface area contributed by atoms with E-state index >= 15 is 0 Å². The quantitative estimate of drug-likeness (QED) is 0.178. The molecule has 0 saturated carbocycles. The van der Waals surface area contributed by atoms with Crippen molar-refractivity contribution < 1.29 is 23.1 Å². The van der Waals surface area contributed by atoms with Crippen LogP contribution in [0.25, 0.3) is 0 Å². The number of ether oxygens (including phenoxy) is 1. The fourth-order valence-corrected chi connectivity index (χ4v) is 3.27. The van der Waals surface area contributed by atoms with Crippen LogP contribution in [-0.2, 0) is 23.1 Å². The first kappa shape index (κ1) is 20.9. The number of nitrogens with zero attached hydrogens (tertiary/aromatic N) is 1. The molecular formula is C17H25N2O5P. The van der Waals surface area contributed by atoms with E-state index in [1.54, 1.807) is 32.9 Å². The highest BCUT2D eigenvalue weighted by molar-refractivity contribution is 7.52. The first-order valence-electron chi connectivity index (χ1n) is 8.08. The maximum Gasteiger partial charge on any atom is 0.509 e. The molecule has 0 aliphatic carbocycles. The van der Waals surface area contributed by atoms with Crippen molar-refractivity contribution in [1.82, 2.24) is 0 Å². The lowest BCUT2D eigenvalue weighted by molar-refractivity contribution is -0.137. The van der Waals surface area contributed by atoms with Crippen LogP contribution < -0.4 is 5.73 Å². The minimum absolute atomic E-state index is 0.0430. The summed E-state index contributed by atoms with van der Waals surface area (Å²) in [6, 6.07) is 7.29. The second-order valence-electron chi connectivity index (χ2n) is 4.99. The average molecular weight is 368 g/mol. The van der Waals surface area contributed by atoms with Crippen molar-refractivity contribution >= 4 is 19.6 Å². The molecule has 1 aromatic rings.